The fourth-order valence-electron chi connectivity index (χ4n) is 3.29. The van der Waals surface area contributed by atoms with Gasteiger partial charge >= 0.3 is 0 Å². The van der Waals surface area contributed by atoms with Crippen LogP contribution in [0.2, 0.25) is 15.1 Å². The van der Waals surface area contributed by atoms with Crippen LogP contribution in [0.5, 0.6) is 0 Å². The summed E-state index contributed by atoms with van der Waals surface area (Å²) in [4.78, 5) is 44.7. The number of amides is 2. The van der Waals surface area contributed by atoms with Crippen molar-refractivity contribution in [1.82, 2.24) is 10.3 Å². The quantitative estimate of drug-likeness (QED) is 0.514. The Morgan fingerprint density at radius 2 is 1.75 bits per heavy atom. The number of H-pyrrole nitrogens is 1. The predicted octanol–water partition coefficient (Wildman–Crippen LogP) is 4.19. The number of nitrogens with zero attached hydrogens (tertiary/aromatic N) is 1. The average Bonchev–Trinajstić information content (AvgIpc) is 2.86. The molecule has 1 atom stereocenters. The van der Waals surface area contributed by atoms with Gasteiger partial charge in [-0.25, -0.2) is 4.99 Å². The molecule has 0 saturated heterocycles. The number of halogens is 3. The Balaban J connectivity index is 1.83. The van der Waals surface area contributed by atoms with E-state index >= 15 is 0 Å². The van der Waals surface area contributed by atoms with Crippen LogP contribution in [-0.4, -0.2) is 28.7 Å². The first-order valence-electron chi connectivity index (χ1n) is 9.38. The van der Waals surface area contributed by atoms with Crippen molar-refractivity contribution in [3.8, 4) is 0 Å². The second-order valence-corrected chi connectivity index (χ2v) is 8.30. The number of pyridine rings is 1. The van der Waals surface area contributed by atoms with E-state index in [0.717, 1.165) is 0 Å². The molecule has 3 aromatic rings. The van der Waals surface area contributed by atoms with Gasteiger partial charge in [0.15, 0.2) is 0 Å². The van der Waals surface area contributed by atoms with E-state index in [9.17, 15) is 14.4 Å². The van der Waals surface area contributed by atoms with Gasteiger partial charge in [0.2, 0.25) is 6.17 Å². The van der Waals surface area contributed by atoms with Crippen LogP contribution in [0.1, 0.15) is 27.0 Å². The number of aromatic nitrogens is 1. The molecule has 0 radical (unpaired) electrons. The van der Waals surface area contributed by atoms with E-state index in [2.05, 4.69) is 20.6 Å². The summed E-state index contributed by atoms with van der Waals surface area (Å²) in [5, 5.41) is 6.04. The molecule has 0 spiro atoms. The fraction of sp³-hybridized carbons (Fsp3) is 0.0909. The maximum Gasteiger partial charge on any atom is 0.269 e. The molecular weight excluding hydrogens is 475 g/mol. The van der Waals surface area contributed by atoms with Gasteiger partial charge in [-0.1, -0.05) is 53.0 Å². The van der Waals surface area contributed by atoms with Crippen molar-refractivity contribution in [1.29, 1.82) is 0 Å². The van der Waals surface area contributed by atoms with Crippen LogP contribution < -0.4 is 16.2 Å². The number of aryl methyl sites for hydroxylation is 1. The third-order valence-electron chi connectivity index (χ3n) is 4.75. The molecule has 1 aliphatic rings. The first-order valence-corrected chi connectivity index (χ1v) is 10.5. The van der Waals surface area contributed by atoms with Gasteiger partial charge in [0.25, 0.3) is 17.4 Å². The SMILES string of the molecule is Cc1c[nH]c(=O)c(C(=O)NC2N=C(c3c(Cl)cc(Cl)cc3Cl)c3ccccc3NC2=O)c1. The van der Waals surface area contributed by atoms with Gasteiger partial charge in [0.1, 0.15) is 5.56 Å². The number of aromatic amines is 1. The zero-order valence-corrected chi connectivity index (χ0v) is 18.8. The molecule has 162 valence electrons. The second-order valence-electron chi connectivity index (χ2n) is 7.05. The van der Waals surface area contributed by atoms with E-state index in [1.165, 1.54) is 24.4 Å². The summed E-state index contributed by atoms with van der Waals surface area (Å²) in [7, 11) is 0. The number of hydrogen-bond acceptors (Lipinski definition) is 4. The molecule has 0 fully saturated rings. The molecule has 1 aliphatic heterocycles. The zero-order chi connectivity index (χ0) is 23.0. The number of nitrogens with one attached hydrogen (secondary N) is 3. The minimum Gasteiger partial charge on any atom is -0.328 e. The Morgan fingerprint density at radius 1 is 1.06 bits per heavy atom. The van der Waals surface area contributed by atoms with Gasteiger partial charge in [-0.15, -0.1) is 0 Å². The van der Waals surface area contributed by atoms with Gasteiger partial charge in [-0.3, -0.25) is 14.4 Å². The molecule has 3 N–H and O–H groups in total. The minimum atomic E-state index is -1.35. The third kappa shape index (κ3) is 4.27. The summed E-state index contributed by atoms with van der Waals surface area (Å²) in [5.41, 5.74) is 1.61. The van der Waals surface area contributed by atoms with Crippen molar-refractivity contribution in [2.75, 3.05) is 5.32 Å². The highest BCUT2D eigenvalue weighted by atomic mass is 35.5. The van der Waals surface area contributed by atoms with Crippen LogP contribution in [-0.2, 0) is 4.79 Å². The summed E-state index contributed by atoms with van der Waals surface area (Å²) in [6.45, 7) is 1.72. The largest absolute Gasteiger partial charge is 0.328 e. The highest BCUT2D eigenvalue weighted by Crippen LogP contribution is 2.34. The molecular formula is C22H15Cl3N4O3. The highest BCUT2D eigenvalue weighted by molar-refractivity contribution is 6.44. The van der Waals surface area contributed by atoms with Gasteiger partial charge in [0.05, 0.1) is 21.4 Å². The Bertz CT molecular complexity index is 1330. The van der Waals surface area contributed by atoms with E-state index in [4.69, 9.17) is 34.8 Å². The number of para-hydroxylation sites is 1. The number of aliphatic imine (C=N–C) groups is 1. The molecule has 0 aliphatic carbocycles. The van der Waals surface area contributed by atoms with Crippen LogP contribution in [0.15, 0.2) is 58.4 Å². The number of carbonyl (C=O) groups is 2. The first-order chi connectivity index (χ1) is 15.2. The summed E-state index contributed by atoms with van der Waals surface area (Å²) in [5.74, 6) is -1.34. The minimum absolute atomic E-state index is 0.140. The fourth-order valence-corrected chi connectivity index (χ4v) is 4.28. The molecule has 1 unspecified atom stereocenters. The van der Waals surface area contributed by atoms with Gasteiger partial charge in [-0.2, -0.15) is 0 Å². The van der Waals surface area contributed by atoms with Crippen LogP contribution in [0.3, 0.4) is 0 Å². The lowest BCUT2D eigenvalue weighted by Crippen LogP contribution is -2.43. The summed E-state index contributed by atoms with van der Waals surface area (Å²) >= 11 is 18.9. The Labute approximate surface area is 197 Å². The monoisotopic (exact) mass is 488 g/mol. The lowest BCUT2D eigenvalue weighted by molar-refractivity contribution is -0.117. The molecule has 10 heteroatoms. The standard InChI is InChI=1S/C22H15Cl3N4O3/c1-10-6-13(20(30)26-9-10)21(31)29-19-22(32)27-16-5-3-2-4-12(16)18(28-19)17-14(24)7-11(23)8-15(17)25/h2-9,19H,1H3,(H,26,30)(H,27,32)(H,29,31). The van der Waals surface area contributed by atoms with Crippen molar-refractivity contribution in [3.05, 3.63) is 96.3 Å². The summed E-state index contributed by atoms with van der Waals surface area (Å²) < 4.78 is 0. The Morgan fingerprint density at radius 3 is 2.47 bits per heavy atom. The number of fused-ring (bicyclic) bond motifs is 1. The maximum atomic E-state index is 12.9. The number of rotatable bonds is 3. The molecule has 1 aromatic heterocycles. The number of benzodiazepines with no additional fused rings is 1. The molecule has 7 nitrogen and oxygen atoms in total. The van der Waals surface area contributed by atoms with Crippen molar-refractivity contribution in [2.45, 2.75) is 13.1 Å². The average molecular weight is 490 g/mol. The van der Waals surface area contributed by atoms with E-state index in [-0.39, 0.29) is 21.3 Å². The van der Waals surface area contributed by atoms with Gasteiger partial charge < -0.3 is 15.6 Å². The lowest BCUT2D eigenvalue weighted by Gasteiger charge is -2.14. The number of carbonyl (C=O) groups excluding carboxylic acids is 2. The van der Waals surface area contributed by atoms with Crippen LogP contribution in [0.25, 0.3) is 0 Å². The van der Waals surface area contributed by atoms with Crippen LogP contribution in [0, 0.1) is 6.92 Å². The smallest absolute Gasteiger partial charge is 0.269 e. The highest BCUT2D eigenvalue weighted by Gasteiger charge is 2.29. The normalized spacial score (nSPS) is 15.3. The molecule has 2 aromatic carbocycles. The van der Waals surface area contributed by atoms with E-state index in [1.807, 2.05) is 0 Å². The van der Waals surface area contributed by atoms with Crippen molar-refractivity contribution < 1.29 is 9.59 Å². The summed E-state index contributed by atoms with van der Waals surface area (Å²) in [6.07, 6.45) is 0.127. The van der Waals surface area contributed by atoms with E-state index < -0.39 is 23.5 Å². The summed E-state index contributed by atoms with van der Waals surface area (Å²) in [6, 6.07) is 11.4. The van der Waals surface area contributed by atoms with Crippen LogP contribution in [0.4, 0.5) is 5.69 Å². The topological polar surface area (TPSA) is 103 Å². The Hall–Kier alpha value is -3.13. The van der Waals surface area contributed by atoms with Crippen molar-refractivity contribution in [3.63, 3.8) is 0 Å². The zero-order valence-electron chi connectivity index (χ0n) is 16.5. The van der Waals surface area contributed by atoms with Crippen molar-refractivity contribution in [2.24, 2.45) is 4.99 Å². The molecule has 4 rings (SSSR count). The van der Waals surface area contributed by atoms with Gasteiger partial charge in [0, 0.05) is 22.3 Å². The number of benzene rings is 2. The third-order valence-corrected chi connectivity index (χ3v) is 5.56. The predicted molar refractivity (Wildman–Crippen MR) is 125 cm³/mol. The molecule has 0 saturated carbocycles. The molecule has 32 heavy (non-hydrogen) atoms. The van der Waals surface area contributed by atoms with E-state index in [1.54, 1.807) is 31.2 Å². The second kappa shape index (κ2) is 8.78. The number of anilines is 1. The van der Waals surface area contributed by atoms with E-state index in [0.29, 0.717) is 27.4 Å². The molecule has 2 heterocycles. The Kier molecular flexibility index (Phi) is 6.06. The van der Waals surface area contributed by atoms with Crippen LogP contribution >= 0.6 is 34.8 Å². The van der Waals surface area contributed by atoms with Crippen molar-refractivity contribution >= 4 is 58.0 Å². The van der Waals surface area contributed by atoms with Gasteiger partial charge in [-0.05, 0) is 36.8 Å². The molecule has 2 amide bonds. The first kappa shape index (κ1) is 22.1. The molecule has 0 bridgehead atoms. The lowest BCUT2D eigenvalue weighted by atomic mass is 10.0. The maximum absolute atomic E-state index is 12.9. The number of hydrogen-bond donors (Lipinski definition) is 3.